The zero-order valence-electron chi connectivity index (χ0n) is 20.4. The third kappa shape index (κ3) is 6.95. The highest BCUT2D eigenvalue weighted by Crippen LogP contribution is 2.33. The van der Waals surface area contributed by atoms with Gasteiger partial charge in [-0.1, -0.05) is 12.1 Å². The molecular formula is C26H34F3N5O. The van der Waals surface area contributed by atoms with Crippen molar-refractivity contribution in [3.63, 3.8) is 0 Å². The number of benzene rings is 1. The Hall–Kier alpha value is -2.65. The largest absolute Gasteiger partial charge is 0.418 e. The standard InChI is InChI=1S/C26H34F3N5O/c1-32(2)13-14-34(18-24-22(26(27,28)29)6-4-11-30-24)25(35)15-31-23-7-3-5-20-17-33(12-10-21(20)23)16-19-8-9-19/h3-7,11,19,31H,8-10,12-18H2,1-2H3. The quantitative estimate of drug-likeness (QED) is 0.549. The summed E-state index contributed by atoms with van der Waals surface area (Å²) in [5.74, 6) is 0.593. The highest BCUT2D eigenvalue weighted by Gasteiger charge is 2.34. The third-order valence-corrected chi connectivity index (χ3v) is 6.69. The molecule has 0 atom stereocenters. The summed E-state index contributed by atoms with van der Waals surface area (Å²) in [6, 6.07) is 8.40. The molecule has 0 spiro atoms. The molecule has 0 radical (unpaired) electrons. The van der Waals surface area contributed by atoms with E-state index in [1.54, 1.807) is 0 Å². The van der Waals surface area contributed by atoms with Crippen LogP contribution in [0.3, 0.4) is 0 Å². The van der Waals surface area contributed by atoms with E-state index in [1.807, 2.05) is 31.1 Å². The predicted molar refractivity (Wildman–Crippen MR) is 130 cm³/mol. The van der Waals surface area contributed by atoms with E-state index >= 15 is 0 Å². The number of amides is 1. The second-order valence-electron chi connectivity index (χ2n) is 9.84. The van der Waals surface area contributed by atoms with Gasteiger partial charge >= 0.3 is 6.18 Å². The number of fused-ring (bicyclic) bond motifs is 1. The number of anilines is 1. The van der Waals surface area contributed by atoms with Crippen LogP contribution in [-0.4, -0.2) is 72.4 Å². The van der Waals surface area contributed by atoms with Crippen LogP contribution >= 0.6 is 0 Å². The fourth-order valence-electron chi connectivity index (χ4n) is 4.55. The maximum atomic E-state index is 13.5. The lowest BCUT2D eigenvalue weighted by molar-refractivity contribution is -0.140. The maximum absolute atomic E-state index is 13.5. The SMILES string of the molecule is CN(C)CCN(Cc1ncccc1C(F)(F)F)C(=O)CNc1cccc2c1CCN(CC1CC1)C2. The van der Waals surface area contributed by atoms with Gasteiger partial charge in [0, 0.05) is 44.6 Å². The van der Waals surface area contributed by atoms with Crippen LogP contribution in [0, 0.1) is 5.92 Å². The third-order valence-electron chi connectivity index (χ3n) is 6.69. The molecule has 1 N–H and O–H groups in total. The van der Waals surface area contributed by atoms with Crippen molar-refractivity contribution in [3.8, 4) is 0 Å². The van der Waals surface area contributed by atoms with Crippen molar-refractivity contribution in [1.82, 2.24) is 19.7 Å². The predicted octanol–water partition coefficient (Wildman–Crippen LogP) is 3.87. The maximum Gasteiger partial charge on any atom is 0.418 e. The fraction of sp³-hybridized carbons (Fsp3) is 0.538. The molecule has 2 aromatic rings. The van der Waals surface area contributed by atoms with Crippen molar-refractivity contribution in [2.24, 2.45) is 5.92 Å². The van der Waals surface area contributed by atoms with Crippen LogP contribution in [0.5, 0.6) is 0 Å². The summed E-state index contributed by atoms with van der Waals surface area (Å²) < 4.78 is 40.4. The van der Waals surface area contributed by atoms with Crippen LogP contribution in [0.1, 0.15) is 35.2 Å². The smallest absolute Gasteiger partial charge is 0.376 e. The molecule has 0 bridgehead atoms. The molecule has 1 aliphatic carbocycles. The number of carbonyl (C=O) groups excluding carboxylic acids is 1. The first-order valence-electron chi connectivity index (χ1n) is 12.2. The number of carbonyl (C=O) groups is 1. The van der Waals surface area contributed by atoms with Crippen LogP contribution < -0.4 is 5.32 Å². The summed E-state index contributed by atoms with van der Waals surface area (Å²) in [6.45, 7) is 3.76. The van der Waals surface area contributed by atoms with E-state index in [0.29, 0.717) is 13.1 Å². The first-order valence-corrected chi connectivity index (χ1v) is 12.2. The van der Waals surface area contributed by atoms with E-state index in [9.17, 15) is 18.0 Å². The van der Waals surface area contributed by atoms with E-state index in [0.717, 1.165) is 43.7 Å². The van der Waals surface area contributed by atoms with Gasteiger partial charge in [0.1, 0.15) is 0 Å². The average molecular weight is 490 g/mol. The molecule has 1 aromatic heterocycles. The Morgan fingerprint density at radius 1 is 1.17 bits per heavy atom. The molecule has 2 heterocycles. The van der Waals surface area contributed by atoms with Gasteiger partial charge in [0.15, 0.2) is 0 Å². The normalized spacial score (nSPS) is 16.3. The van der Waals surface area contributed by atoms with Crippen LogP contribution in [0.15, 0.2) is 36.5 Å². The molecule has 1 saturated carbocycles. The number of aromatic nitrogens is 1. The number of nitrogens with one attached hydrogen (secondary N) is 1. The summed E-state index contributed by atoms with van der Waals surface area (Å²) >= 11 is 0. The number of pyridine rings is 1. The minimum atomic E-state index is -4.52. The van der Waals surface area contributed by atoms with Crippen molar-refractivity contribution < 1.29 is 18.0 Å². The molecular weight excluding hydrogens is 455 g/mol. The highest BCUT2D eigenvalue weighted by atomic mass is 19.4. The number of nitrogens with zero attached hydrogens (tertiary/aromatic N) is 4. The Morgan fingerprint density at radius 3 is 2.69 bits per heavy atom. The first kappa shape index (κ1) is 25.4. The highest BCUT2D eigenvalue weighted by molar-refractivity contribution is 5.81. The summed E-state index contributed by atoms with van der Waals surface area (Å²) in [4.78, 5) is 23.0. The number of alkyl halides is 3. The van der Waals surface area contributed by atoms with Gasteiger partial charge in [-0.25, -0.2) is 0 Å². The molecule has 1 aliphatic heterocycles. The molecule has 35 heavy (non-hydrogen) atoms. The Kier molecular flexibility index (Phi) is 7.96. The number of likely N-dealkylation sites (N-methyl/N-ethyl adjacent to an activating group) is 1. The molecule has 1 amide bonds. The van der Waals surface area contributed by atoms with E-state index in [2.05, 4.69) is 21.3 Å². The van der Waals surface area contributed by atoms with E-state index in [1.165, 1.54) is 41.1 Å². The Morgan fingerprint density at radius 2 is 1.97 bits per heavy atom. The molecule has 0 unspecified atom stereocenters. The molecule has 0 saturated heterocycles. The van der Waals surface area contributed by atoms with Crippen molar-refractivity contribution in [2.45, 2.75) is 38.5 Å². The van der Waals surface area contributed by atoms with Gasteiger partial charge in [-0.2, -0.15) is 13.2 Å². The van der Waals surface area contributed by atoms with Gasteiger partial charge in [0.2, 0.25) is 5.91 Å². The van der Waals surface area contributed by atoms with Gasteiger partial charge in [-0.05, 0) is 68.6 Å². The Labute approximate surface area is 205 Å². The minimum Gasteiger partial charge on any atom is -0.376 e. The van der Waals surface area contributed by atoms with Gasteiger partial charge < -0.3 is 15.1 Å². The summed E-state index contributed by atoms with van der Waals surface area (Å²) in [5.41, 5.74) is 2.50. The molecule has 6 nitrogen and oxygen atoms in total. The minimum absolute atomic E-state index is 0.0177. The average Bonchev–Trinajstić information content (AvgIpc) is 3.63. The number of rotatable bonds is 10. The summed E-state index contributed by atoms with van der Waals surface area (Å²) in [5, 5.41) is 3.27. The molecule has 1 fully saturated rings. The van der Waals surface area contributed by atoms with Crippen LogP contribution in [0.4, 0.5) is 18.9 Å². The Bertz CT molecular complexity index is 1020. The Balaban J connectivity index is 1.44. The zero-order chi connectivity index (χ0) is 25.0. The van der Waals surface area contributed by atoms with Gasteiger partial charge in [-0.3, -0.25) is 14.7 Å². The van der Waals surface area contributed by atoms with E-state index < -0.39 is 11.7 Å². The molecule has 190 valence electrons. The molecule has 9 heteroatoms. The second kappa shape index (κ2) is 11.0. The van der Waals surface area contributed by atoms with E-state index in [-0.39, 0.29) is 24.7 Å². The summed E-state index contributed by atoms with van der Waals surface area (Å²) in [6.07, 6.45) is 0.405. The van der Waals surface area contributed by atoms with Crippen molar-refractivity contribution in [2.75, 3.05) is 52.1 Å². The molecule has 1 aromatic carbocycles. The molecule has 2 aliphatic rings. The second-order valence-corrected chi connectivity index (χ2v) is 9.84. The van der Waals surface area contributed by atoms with Crippen molar-refractivity contribution in [1.29, 1.82) is 0 Å². The lowest BCUT2D eigenvalue weighted by Gasteiger charge is -2.30. The lowest BCUT2D eigenvalue weighted by Crippen LogP contribution is -2.40. The first-order chi connectivity index (χ1) is 16.7. The van der Waals surface area contributed by atoms with Crippen molar-refractivity contribution >= 4 is 11.6 Å². The van der Waals surface area contributed by atoms with E-state index in [4.69, 9.17) is 0 Å². The molecule has 4 rings (SSSR count). The zero-order valence-corrected chi connectivity index (χ0v) is 20.4. The lowest BCUT2D eigenvalue weighted by atomic mass is 9.97. The monoisotopic (exact) mass is 489 g/mol. The number of halogens is 3. The van der Waals surface area contributed by atoms with Gasteiger partial charge in [0.05, 0.1) is 24.3 Å². The number of hydrogen-bond donors (Lipinski definition) is 1. The number of hydrogen-bond acceptors (Lipinski definition) is 5. The van der Waals surface area contributed by atoms with Gasteiger partial charge in [-0.15, -0.1) is 0 Å². The van der Waals surface area contributed by atoms with Crippen LogP contribution in [0.2, 0.25) is 0 Å². The van der Waals surface area contributed by atoms with Crippen LogP contribution in [-0.2, 0) is 30.5 Å². The topological polar surface area (TPSA) is 51.7 Å². The van der Waals surface area contributed by atoms with Crippen LogP contribution in [0.25, 0.3) is 0 Å². The van der Waals surface area contributed by atoms with Gasteiger partial charge in [0.25, 0.3) is 0 Å². The fourth-order valence-corrected chi connectivity index (χ4v) is 4.55. The van der Waals surface area contributed by atoms with Crippen molar-refractivity contribution in [3.05, 3.63) is 58.9 Å². The summed E-state index contributed by atoms with van der Waals surface area (Å²) in [7, 11) is 3.73.